The number of likely N-dealkylation sites (tertiary alicyclic amines) is 1. The van der Waals surface area contributed by atoms with Crippen molar-refractivity contribution in [1.29, 1.82) is 0 Å². The average Bonchev–Trinajstić information content (AvgIpc) is 3.35. The molecule has 172 valence electrons. The fraction of sp³-hybridized carbons (Fsp3) is 0.462. The normalized spacial score (nSPS) is 17.9. The van der Waals surface area contributed by atoms with Crippen molar-refractivity contribution in [3.05, 3.63) is 52.1 Å². The van der Waals surface area contributed by atoms with Crippen molar-refractivity contribution in [3.63, 3.8) is 0 Å². The molecule has 2 aliphatic rings. The molecule has 6 nitrogen and oxygen atoms in total. The SMILES string of the molecule is Cc1ccc2cc(NC(=O)c3csc(C4CCN(C(=O)C5CCCCC5)CC4)n3)ccc2n1. The Morgan fingerprint density at radius 2 is 1.79 bits per heavy atom. The number of hydrogen-bond donors (Lipinski definition) is 1. The number of pyridine rings is 1. The summed E-state index contributed by atoms with van der Waals surface area (Å²) in [6.07, 6.45) is 7.59. The zero-order valence-corrected chi connectivity index (χ0v) is 19.9. The second-order valence-electron chi connectivity index (χ2n) is 9.32. The van der Waals surface area contributed by atoms with Crippen LogP contribution in [0.5, 0.6) is 0 Å². The number of rotatable bonds is 4. The molecule has 3 heterocycles. The topological polar surface area (TPSA) is 75.2 Å². The van der Waals surface area contributed by atoms with E-state index in [4.69, 9.17) is 0 Å². The number of thiazole rings is 1. The van der Waals surface area contributed by atoms with Gasteiger partial charge in [0.25, 0.3) is 5.91 Å². The molecular weight excluding hydrogens is 432 g/mol. The third-order valence-corrected chi connectivity index (χ3v) is 7.96. The Morgan fingerprint density at radius 1 is 1.00 bits per heavy atom. The molecule has 0 bridgehead atoms. The van der Waals surface area contributed by atoms with Gasteiger partial charge in [-0.05, 0) is 56.9 Å². The highest BCUT2D eigenvalue weighted by molar-refractivity contribution is 7.10. The summed E-state index contributed by atoms with van der Waals surface area (Å²) >= 11 is 1.55. The van der Waals surface area contributed by atoms with Gasteiger partial charge in [-0.1, -0.05) is 25.3 Å². The Labute approximate surface area is 198 Å². The van der Waals surface area contributed by atoms with Crippen molar-refractivity contribution < 1.29 is 9.59 Å². The molecule has 33 heavy (non-hydrogen) atoms. The van der Waals surface area contributed by atoms with Gasteiger partial charge in [-0.3, -0.25) is 14.6 Å². The van der Waals surface area contributed by atoms with E-state index in [1.54, 1.807) is 11.3 Å². The first kappa shape index (κ1) is 22.0. The number of carbonyl (C=O) groups is 2. The first-order chi connectivity index (χ1) is 16.1. The third kappa shape index (κ3) is 4.93. The number of nitrogens with zero attached hydrogens (tertiary/aromatic N) is 3. The summed E-state index contributed by atoms with van der Waals surface area (Å²) in [5, 5.41) is 6.80. The summed E-state index contributed by atoms with van der Waals surface area (Å²) in [7, 11) is 0. The highest BCUT2D eigenvalue weighted by atomic mass is 32.1. The van der Waals surface area contributed by atoms with E-state index in [1.807, 2.05) is 42.6 Å². The van der Waals surface area contributed by atoms with E-state index in [-0.39, 0.29) is 11.8 Å². The van der Waals surface area contributed by atoms with Gasteiger partial charge in [0.15, 0.2) is 0 Å². The average molecular weight is 463 g/mol. The minimum Gasteiger partial charge on any atom is -0.342 e. The smallest absolute Gasteiger partial charge is 0.275 e. The molecule has 1 saturated heterocycles. The fourth-order valence-electron chi connectivity index (χ4n) is 5.03. The summed E-state index contributed by atoms with van der Waals surface area (Å²) in [5.41, 5.74) is 3.08. The third-order valence-electron chi connectivity index (χ3n) is 6.95. The van der Waals surface area contributed by atoms with Crippen LogP contribution in [-0.4, -0.2) is 39.8 Å². The van der Waals surface area contributed by atoms with Gasteiger partial charge < -0.3 is 10.2 Å². The lowest BCUT2D eigenvalue weighted by molar-refractivity contribution is -0.137. The number of fused-ring (bicyclic) bond motifs is 1. The standard InChI is InChI=1S/C26H30N4O2S/c1-17-7-8-20-15-21(9-10-22(20)27-17)28-24(31)23-16-33-25(29-23)18-11-13-30(14-12-18)26(32)19-5-3-2-4-6-19/h7-10,15-16,18-19H,2-6,11-14H2,1H3,(H,28,31). The number of carbonyl (C=O) groups excluding carboxylic acids is 2. The van der Waals surface area contributed by atoms with Crippen molar-refractivity contribution in [2.24, 2.45) is 5.92 Å². The molecule has 3 aromatic rings. The Bertz CT molecular complexity index is 1160. The molecular formula is C26H30N4O2S. The minimum atomic E-state index is -0.193. The lowest BCUT2D eigenvalue weighted by atomic mass is 9.87. The van der Waals surface area contributed by atoms with Crippen LogP contribution in [0.2, 0.25) is 0 Å². The van der Waals surface area contributed by atoms with Crippen LogP contribution < -0.4 is 5.32 Å². The summed E-state index contributed by atoms with van der Waals surface area (Å²) in [6.45, 7) is 3.56. The lowest BCUT2D eigenvalue weighted by Gasteiger charge is -2.34. The van der Waals surface area contributed by atoms with Gasteiger partial charge in [-0.2, -0.15) is 0 Å². The Kier molecular flexibility index (Phi) is 6.40. The molecule has 1 aliphatic heterocycles. The van der Waals surface area contributed by atoms with Crippen molar-refractivity contribution >= 4 is 39.7 Å². The molecule has 2 amide bonds. The number of hydrogen-bond acceptors (Lipinski definition) is 5. The molecule has 1 N–H and O–H groups in total. The van der Waals surface area contributed by atoms with E-state index >= 15 is 0 Å². The minimum absolute atomic E-state index is 0.193. The number of aryl methyl sites for hydroxylation is 1. The van der Waals surface area contributed by atoms with Crippen LogP contribution in [0.15, 0.2) is 35.7 Å². The zero-order chi connectivity index (χ0) is 22.8. The van der Waals surface area contributed by atoms with E-state index in [9.17, 15) is 9.59 Å². The van der Waals surface area contributed by atoms with Crippen molar-refractivity contribution in [2.45, 2.75) is 57.8 Å². The molecule has 1 aliphatic carbocycles. The first-order valence-electron chi connectivity index (χ1n) is 12.0. The Balaban J connectivity index is 1.18. The maximum absolute atomic E-state index is 12.8. The van der Waals surface area contributed by atoms with Gasteiger partial charge in [-0.25, -0.2) is 4.98 Å². The quantitative estimate of drug-likeness (QED) is 0.552. The molecule has 1 aromatic carbocycles. The Hall–Kier alpha value is -2.80. The number of anilines is 1. The fourth-order valence-corrected chi connectivity index (χ4v) is 6.01. The van der Waals surface area contributed by atoms with Crippen LogP contribution in [-0.2, 0) is 4.79 Å². The lowest BCUT2D eigenvalue weighted by Crippen LogP contribution is -2.41. The van der Waals surface area contributed by atoms with Crippen LogP contribution in [0.3, 0.4) is 0 Å². The number of nitrogens with one attached hydrogen (secondary N) is 1. The van der Waals surface area contributed by atoms with Gasteiger partial charge in [-0.15, -0.1) is 11.3 Å². The largest absolute Gasteiger partial charge is 0.342 e. The monoisotopic (exact) mass is 462 g/mol. The summed E-state index contributed by atoms with van der Waals surface area (Å²) in [4.78, 5) is 36.8. The van der Waals surface area contributed by atoms with Gasteiger partial charge in [0.2, 0.25) is 5.91 Å². The molecule has 2 aromatic heterocycles. The van der Waals surface area contributed by atoms with Crippen molar-refractivity contribution in [3.8, 4) is 0 Å². The van der Waals surface area contributed by atoms with E-state index in [0.29, 0.717) is 17.5 Å². The molecule has 0 atom stereocenters. The second-order valence-corrected chi connectivity index (χ2v) is 10.2. The van der Waals surface area contributed by atoms with Gasteiger partial charge in [0, 0.05) is 47.1 Å². The van der Waals surface area contributed by atoms with Crippen molar-refractivity contribution in [1.82, 2.24) is 14.9 Å². The molecule has 1 saturated carbocycles. The van der Waals surface area contributed by atoms with E-state index < -0.39 is 0 Å². The van der Waals surface area contributed by atoms with Crippen LogP contribution in [0.4, 0.5) is 5.69 Å². The van der Waals surface area contributed by atoms with Crippen LogP contribution in [0.1, 0.15) is 72.1 Å². The van der Waals surface area contributed by atoms with Gasteiger partial charge in [0.1, 0.15) is 5.69 Å². The molecule has 0 unspecified atom stereocenters. The van der Waals surface area contributed by atoms with E-state index in [0.717, 1.165) is 66.1 Å². The number of amides is 2. The maximum atomic E-state index is 12.8. The molecule has 5 rings (SSSR count). The molecule has 0 spiro atoms. The van der Waals surface area contributed by atoms with Crippen LogP contribution in [0, 0.1) is 12.8 Å². The highest BCUT2D eigenvalue weighted by Gasteiger charge is 2.30. The highest BCUT2D eigenvalue weighted by Crippen LogP contribution is 2.33. The predicted molar refractivity (Wildman–Crippen MR) is 132 cm³/mol. The molecule has 7 heteroatoms. The zero-order valence-electron chi connectivity index (χ0n) is 19.0. The van der Waals surface area contributed by atoms with Crippen molar-refractivity contribution in [2.75, 3.05) is 18.4 Å². The van der Waals surface area contributed by atoms with Gasteiger partial charge in [0.05, 0.1) is 10.5 Å². The number of aromatic nitrogens is 2. The predicted octanol–water partition coefficient (Wildman–Crippen LogP) is 5.54. The van der Waals surface area contributed by atoms with Crippen LogP contribution in [0.25, 0.3) is 10.9 Å². The second kappa shape index (κ2) is 9.59. The number of piperidine rings is 1. The first-order valence-corrected chi connectivity index (χ1v) is 12.9. The summed E-state index contributed by atoms with van der Waals surface area (Å²) in [6, 6.07) is 9.71. The van der Waals surface area contributed by atoms with E-state index in [1.165, 1.54) is 19.3 Å². The number of benzene rings is 1. The van der Waals surface area contributed by atoms with Crippen LogP contribution >= 0.6 is 11.3 Å². The molecule has 0 radical (unpaired) electrons. The maximum Gasteiger partial charge on any atom is 0.275 e. The Morgan fingerprint density at radius 3 is 2.58 bits per heavy atom. The summed E-state index contributed by atoms with van der Waals surface area (Å²) in [5.74, 6) is 0.720. The molecule has 2 fully saturated rings. The van der Waals surface area contributed by atoms with Gasteiger partial charge >= 0.3 is 0 Å². The summed E-state index contributed by atoms with van der Waals surface area (Å²) < 4.78 is 0. The van der Waals surface area contributed by atoms with E-state index in [2.05, 4.69) is 20.2 Å².